The van der Waals surface area contributed by atoms with Gasteiger partial charge in [0.2, 0.25) is 0 Å². The third-order valence-electron chi connectivity index (χ3n) is 2.47. The number of nitrogens with zero attached hydrogens (tertiary/aromatic N) is 1. The van der Waals surface area contributed by atoms with E-state index in [1.54, 1.807) is 0 Å². The molecule has 0 aromatic rings. The van der Waals surface area contributed by atoms with Crippen LogP contribution in [0.15, 0.2) is 0 Å². The summed E-state index contributed by atoms with van der Waals surface area (Å²) in [5.41, 5.74) is 0. The van der Waals surface area contributed by atoms with Crippen LogP contribution in [0.5, 0.6) is 0 Å². The molecule has 0 aromatic heterocycles. The van der Waals surface area contributed by atoms with Gasteiger partial charge in [-0.15, -0.1) is 0 Å². The first-order chi connectivity index (χ1) is 8.76. The van der Waals surface area contributed by atoms with Crippen molar-refractivity contribution >= 4 is 5.97 Å². The molecule has 2 unspecified atom stereocenters. The molecule has 1 rings (SSSR count). The fourth-order valence-electron chi connectivity index (χ4n) is 1.48. The predicted octanol–water partition coefficient (Wildman–Crippen LogP) is -2.47. The Balaban J connectivity index is 0.00000400. The minimum Gasteiger partial charge on any atom is -0.543 e. The van der Waals surface area contributed by atoms with Gasteiger partial charge in [-0.05, 0) is 0 Å². The second-order valence-electron chi connectivity index (χ2n) is 3.93. The van der Waals surface area contributed by atoms with Crippen LogP contribution in [0.2, 0.25) is 0 Å². The largest absolute Gasteiger partial charge is 1.00 e. The molecule has 0 bridgehead atoms. The van der Waals surface area contributed by atoms with E-state index in [2.05, 4.69) is 4.74 Å². The molecule has 0 spiro atoms. The number of alkyl halides is 8. The van der Waals surface area contributed by atoms with Gasteiger partial charge in [0.05, 0.1) is 0 Å². The van der Waals surface area contributed by atoms with Crippen molar-refractivity contribution in [2.45, 2.75) is 30.6 Å². The number of hydrogen-bond donors (Lipinski definition) is 0. The van der Waals surface area contributed by atoms with Gasteiger partial charge >= 0.3 is 69.8 Å². The van der Waals surface area contributed by atoms with Gasteiger partial charge in [0.1, 0.15) is 5.97 Å². The molecule has 0 radical (unpaired) electrons. The van der Waals surface area contributed by atoms with E-state index in [1.165, 1.54) is 0 Å². The third kappa shape index (κ3) is 5.25. The second-order valence-corrected chi connectivity index (χ2v) is 3.93. The van der Waals surface area contributed by atoms with E-state index in [1.807, 2.05) is 0 Å². The SMILES string of the molecule is O=C([O-])C(F)(F)N1CC(C(F)(F)F)OC(C(F)(F)F)C1.[K+]. The fraction of sp³-hybridized carbons (Fsp3) is 0.875. The van der Waals surface area contributed by atoms with Crippen LogP contribution in [0.1, 0.15) is 0 Å². The minimum absolute atomic E-state index is 0. The standard InChI is InChI=1S/C8H7F8NO3.K/c9-6(10,11)3-1-17(8(15,16)5(18)19)2-4(20-3)7(12,13)14;/h3-4H,1-2H2,(H,18,19);/q;+1/p-1. The molecule has 1 heterocycles. The average Bonchev–Trinajstić information content (AvgIpc) is 2.25. The number of ether oxygens (including phenoxy) is 1. The van der Waals surface area contributed by atoms with Crippen molar-refractivity contribution < 1.29 is 101 Å². The first kappa shape index (κ1) is 21.5. The zero-order valence-electron chi connectivity index (χ0n) is 10.3. The monoisotopic (exact) mass is 355 g/mol. The number of carbonyl (C=O) groups excluding carboxylic acids is 1. The minimum atomic E-state index is -5.36. The molecule has 1 fully saturated rings. The van der Waals surface area contributed by atoms with Crippen LogP contribution in [-0.4, -0.2) is 54.6 Å². The van der Waals surface area contributed by atoms with Crippen LogP contribution in [0.3, 0.4) is 0 Å². The molecule has 4 nitrogen and oxygen atoms in total. The first-order valence-electron chi connectivity index (χ1n) is 4.89. The zero-order chi connectivity index (χ0) is 15.9. The summed E-state index contributed by atoms with van der Waals surface area (Å²) in [6.07, 6.45) is -17.1. The van der Waals surface area contributed by atoms with Crippen LogP contribution in [0, 0.1) is 0 Å². The molecule has 0 aliphatic carbocycles. The Kier molecular flexibility index (Phi) is 7.08. The molecule has 1 saturated heterocycles. The average molecular weight is 355 g/mol. The van der Waals surface area contributed by atoms with Crippen molar-refractivity contribution in [1.29, 1.82) is 0 Å². The summed E-state index contributed by atoms with van der Waals surface area (Å²) in [5, 5.41) is 10.1. The van der Waals surface area contributed by atoms with Gasteiger partial charge in [-0.25, -0.2) is 4.90 Å². The van der Waals surface area contributed by atoms with Gasteiger partial charge in [0.15, 0.2) is 12.2 Å². The van der Waals surface area contributed by atoms with E-state index in [0.29, 0.717) is 0 Å². The van der Waals surface area contributed by atoms with E-state index < -0.39 is 54.6 Å². The molecule has 13 heteroatoms. The quantitative estimate of drug-likeness (QED) is 0.313. The van der Waals surface area contributed by atoms with E-state index in [4.69, 9.17) is 0 Å². The van der Waals surface area contributed by atoms with Crippen LogP contribution in [0.25, 0.3) is 0 Å². The summed E-state index contributed by atoms with van der Waals surface area (Å²) in [7, 11) is 0. The van der Waals surface area contributed by atoms with Gasteiger partial charge in [-0.2, -0.15) is 35.1 Å². The zero-order valence-corrected chi connectivity index (χ0v) is 13.4. The van der Waals surface area contributed by atoms with Gasteiger partial charge < -0.3 is 14.6 Å². The summed E-state index contributed by atoms with van der Waals surface area (Å²) in [6, 6.07) is -4.98. The number of carboxylic acids is 1. The summed E-state index contributed by atoms with van der Waals surface area (Å²) in [5.74, 6) is -3.10. The molecular formula is C8H6F8KNO3. The molecule has 118 valence electrons. The summed E-state index contributed by atoms with van der Waals surface area (Å²) >= 11 is 0. The van der Waals surface area contributed by atoms with Crippen molar-refractivity contribution in [2.24, 2.45) is 0 Å². The molecule has 0 saturated carbocycles. The predicted molar refractivity (Wildman–Crippen MR) is 42.3 cm³/mol. The van der Waals surface area contributed by atoms with Gasteiger partial charge in [-0.3, -0.25) is 0 Å². The third-order valence-corrected chi connectivity index (χ3v) is 2.47. The molecule has 2 atom stereocenters. The van der Waals surface area contributed by atoms with Crippen LogP contribution >= 0.6 is 0 Å². The Morgan fingerprint density at radius 1 is 0.952 bits per heavy atom. The molecule has 21 heavy (non-hydrogen) atoms. The first-order valence-corrected chi connectivity index (χ1v) is 4.89. The van der Waals surface area contributed by atoms with Crippen molar-refractivity contribution in [2.75, 3.05) is 13.1 Å². The smallest absolute Gasteiger partial charge is 0.543 e. The molecular weight excluding hydrogens is 349 g/mol. The Morgan fingerprint density at radius 3 is 1.52 bits per heavy atom. The molecule has 1 aliphatic rings. The van der Waals surface area contributed by atoms with Crippen LogP contribution in [-0.2, 0) is 9.53 Å². The normalized spacial score (nSPS) is 25.3. The molecule has 0 amide bonds. The Morgan fingerprint density at radius 2 is 1.29 bits per heavy atom. The van der Waals surface area contributed by atoms with Crippen molar-refractivity contribution in [3.05, 3.63) is 0 Å². The Bertz CT molecular complexity index is 363. The van der Waals surface area contributed by atoms with Crippen LogP contribution in [0.4, 0.5) is 35.1 Å². The van der Waals surface area contributed by atoms with E-state index in [9.17, 15) is 45.0 Å². The summed E-state index contributed by atoms with van der Waals surface area (Å²) < 4.78 is 104. The second kappa shape index (κ2) is 6.92. The molecule has 0 aromatic carbocycles. The number of halogens is 8. The summed E-state index contributed by atoms with van der Waals surface area (Å²) in [4.78, 5) is 9.35. The maximum Gasteiger partial charge on any atom is 1.00 e. The van der Waals surface area contributed by atoms with Crippen LogP contribution < -0.4 is 56.5 Å². The number of hydrogen-bond acceptors (Lipinski definition) is 4. The number of morpholine rings is 1. The maximum atomic E-state index is 13.0. The van der Waals surface area contributed by atoms with E-state index in [0.717, 1.165) is 0 Å². The number of aliphatic carboxylic acids is 1. The van der Waals surface area contributed by atoms with E-state index >= 15 is 0 Å². The maximum absolute atomic E-state index is 13.0. The number of carbonyl (C=O) groups is 1. The number of rotatable bonds is 2. The van der Waals surface area contributed by atoms with Gasteiger partial charge in [-0.1, -0.05) is 0 Å². The van der Waals surface area contributed by atoms with Gasteiger partial charge in [0.25, 0.3) is 0 Å². The molecule has 1 aliphatic heterocycles. The Labute approximate surface area is 154 Å². The molecule has 0 N–H and O–H groups in total. The van der Waals surface area contributed by atoms with E-state index in [-0.39, 0.29) is 51.4 Å². The number of carboxylic acid groups (broad SMARTS) is 1. The summed E-state index contributed by atoms with van der Waals surface area (Å²) in [6.45, 7) is -3.51. The van der Waals surface area contributed by atoms with Crippen molar-refractivity contribution in [1.82, 2.24) is 4.90 Å². The van der Waals surface area contributed by atoms with Crippen molar-refractivity contribution in [3.8, 4) is 0 Å². The fourth-order valence-corrected chi connectivity index (χ4v) is 1.48. The topological polar surface area (TPSA) is 52.6 Å². The van der Waals surface area contributed by atoms with Crippen molar-refractivity contribution in [3.63, 3.8) is 0 Å². The Hall–Kier alpha value is 0.466. The van der Waals surface area contributed by atoms with Gasteiger partial charge in [0, 0.05) is 13.1 Å².